The Morgan fingerprint density at radius 2 is 1.97 bits per heavy atom. The van der Waals surface area contributed by atoms with E-state index in [9.17, 15) is 9.59 Å². The number of benzene rings is 1. The number of piperidine rings is 1. The van der Waals surface area contributed by atoms with E-state index in [-0.39, 0.29) is 17.6 Å². The Kier molecular flexibility index (Phi) is 7.15. The van der Waals surface area contributed by atoms with Crippen LogP contribution in [0.3, 0.4) is 0 Å². The van der Waals surface area contributed by atoms with Crippen LogP contribution in [0.2, 0.25) is 0 Å². The van der Waals surface area contributed by atoms with Crippen molar-refractivity contribution in [1.82, 2.24) is 19.5 Å². The van der Waals surface area contributed by atoms with Gasteiger partial charge in [0.25, 0.3) is 11.8 Å². The molecule has 1 aliphatic rings. The molecule has 10 heteroatoms. The number of allylic oxidation sites excluding steroid dienone is 1. The predicted molar refractivity (Wildman–Crippen MR) is 139 cm³/mol. The van der Waals surface area contributed by atoms with Crippen LogP contribution in [0.15, 0.2) is 54.9 Å². The van der Waals surface area contributed by atoms with Gasteiger partial charge in [-0.1, -0.05) is 18.2 Å². The first kappa shape index (κ1) is 23.7. The normalized spacial score (nSPS) is 16.1. The summed E-state index contributed by atoms with van der Waals surface area (Å²) < 4.78 is 2.28. The van der Waals surface area contributed by atoms with Crippen molar-refractivity contribution < 1.29 is 9.59 Å². The second kappa shape index (κ2) is 10.2. The first-order chi connectivity index (χ1) is 16.4. The summed E-state index contributed by atoms with van der Waals surface area (Å²) in [6, 6.07) is 10.4. The van der Waals surface area contributed by atoms with Gasteiger partial charge >= 0.3 is 0 Å². The van der Waals surface area contributed by atoms with Crippen LogP contribution in [0, 0.1) is 3.57 Å². The number of rotatable bonds is 6. The summed E-state index contributed by atoms with van der Waals surface area (Å²) in [5, 5.41) is 2.78. The number of imidazole rings is 1. The summed E-state index contributed by atoms with van der Waals surface area (Å²) in [5.41, 5.74) is 7.33. The molecule has 3 heterocycles. The van der Waals surface area contributed by atoms with Crippen molar-refractivity contribution in [2.45, 2.75) is 32.2 Å². The number of amides is 2. The zero-order valence-corrected chi connectivity index (χ0v) is 20.9. The monoisotopic (exact) mass is 571 g/mol. The molecule has 1 atom stereocenters. The molecule has 3 aromatic rings. The number of nitrogens with one attached hydrogen (secondary N) is 1. The van der Waals surface area contributed by atoms with Gasteiger partial charge in [0.2, 0.25) is 0 Å². The zero-order chi connectivity index (χ0) is 24.2. The molecule has 4 rings (SSSR count). The van der Waals surface area contributed by atoms with Gasteiger partial charge in [0.15, 0.2) is 11.5 Å². The van der Waals surface area contributed by atoms with Crippen LogP contribution >= 0.6 is 22.6 Å². The van der Waals surface area contributed by atoms with E-state index in [1.54, 1.807) is 36.5 Å². The third-order valence-corrected chi connectivity index (χ3v) is 6.41. The smallest absolute Gasteiger partial charge is 0.269 e. The van der Waals surface area contributed by atoms with Gasteiger partial charge in [-0.05, 0) is 79.2 Å². The fourth-order valence-electron chi connectivity index (χ4n) is 4.16. The van der Waals surface area contributed by atoms with Gasteiger partial charge in [-0.3, -0.25) is 9.59 Å². The Hall–Kier alpha value is -3.41. The summed E-state index contributed by atoms with van der Waals surface area (Å²) in [6.07, 6.45) is 8.65. The number of aromatic nitrogens is 3. The number of halogens is 1. The highest BCUT2D eigenvalue weighted by molar-refractivity contribution is 14.1. The number of anilines is 1. The molecule has 1 fully saturated rings. The van der Waals surface area contributed by atoms with Crippen molar-refractivity contribution >= 4 is 40.2 Å². The number of pyridine rings is 1. The van der Waals surface area contributed by atoms with Crippen LogP contribution in [0.25, 0.3) is 11.3 Å². The van der Waals surface area contributed by atoms with Crippen molar-refractivity contribution in [1.29, 1.82) is 0 Å². The van der Waals surface area contributed by atoms with Gasteiger partial charge in [-0.25, -0.2) is 14.6 Å². The van der Waals surface area contributed by atoms with E-state index in [1.807, 2.05) is 25.3 Å². The summed E-state index contributed by atoms with van der Waals surface area (Å²) in [4.78, 5) is 36.0. The maximum atomic E-state index is 12.6. The Bertz CT molecular complexity index is 1240. The molecule has 1 aromatic carbocycles. The minimum absolute atomic E-state index is 0.0481. The molecule has 0 saturated carbocycles. The summed E-state index contributed by atoms with van der Waals surface area (Å²) in [7, 11) is 0. The fourth-order valence-corrected chi connectivity index (χ4v) is 4.62. The highest BCUT2D eigenvalue weighted by Gasteiger charge is 2.30. The van der Waals surface area contributed by atoms with Gasteiger partial charge < -0.3 is 21.8 Å². The molecule has 9 nitrogen and oxygen atoms in total. The van der Waals surface area contributed by atoms with Gasteiger partial charge in [-0.15, -0.1) is 0 Å². The number of nitrogen functional groups attached to an aromatic ring is 1. The Balaban J connectivity index is 1.64. The van der Waals surface area contributed by atoms with Gasteiger partial charge in [-0.2, -0.15) is 0 Å². The predicted octanol–water partition coefficient (Wildman–Crippen LogP) is 3.68. The van der Waals surface area contributed by atoms with E-state index in [0.29, 0.717) is 28.5 Å². The van der Waals surface area contributed by atoms with Crippen molar-refractivity contribution in [2.24, 2.45) is 5.73 Å². The highest BCUT2D eigenvalue weighted by atomic mass is 127. The molecule has 2 aromatic heterocycles. The number of nitrogens with zero attached hydrogens (tertiary/aromatic N) is 4. The number of hydrogen-bond donors (Lipinski definition) is 3. The molecule has 34 heavy (non-hydrogen) atoms. The molecule has 0 aliphatic carbocycles. The minimum atomic E-state index is -0.656. The number of likely N-dealkylation sites (tertiary alicyclic amines) is 1. The van der Waals surface area contributed by atoms with Gasteiger partial charge in [0.1, 0.15) is 11.5 Å². The molecule has 176 valence electrons. The zero-order valence-electron chi connectivity index (χ0n) is 18.7. The molecule has 0 spiro atoms. The van der Waals surface area contributed by atoms with Crippen LogP contribution in [-0.2, 0) is 0 Å². The summed E-state index contributed by atoms with van der Waals surface area (Å²) in [6.45, 7) is 2.86. The van der Waals surface area contributed by atoms with E-state index in [0.717, 1.165) is 29.4 Å². The molecule has 0 radical (unpaired) electrons. The Labute approximate surface area is 211 Å². The van der Waals surface area contributed by atoms with Crippen molar-refractivity contribution in [3.63, 3.8) is 0 Å². The van der Waals surface area contributed by atoms with E-state index in [4.69, 9.17) is 16.6 Å². The standard InChI is InChI=1S/C24H26IN7O2/c1-2-12-31-13-4-3-5-18(31)23-30-20(21(22(26)33)32(23)27)15-6-8-16(9-7-15)24(34)29-19-14-17(25)10-11-28-19/h2,6-12,14,18H,3-5,13,27H2,1H3,(H2,26,33)(H,28,29,34)/t18-/m0/s1. The van der Waals surface area contributed by atoms with Crippen molar-refractivity contribution in [3.8, 4) is 11.3 Å². The third-order valence-electron chi connectivity index (χ3n) is 5.74. The molecule has 0 unspecified atom stereocenters. The van der Waals surface area contributed by atoms with Crippen LogP contribution in [-0.4, -0.2) is 37.9 Å². The second-order valence-corrected chi connectivity index (χ2v) is 9.27. The lowest BCUT2D eigenvalue weighted by Gasteiger charge is -2.34. The Morgan fingerprint density at radius 1 is 1.21 bits per heavy atom. The van der Waals surface area contributed by atoms with E-state index >= 15 is 0 Å². The van der Waals surface area contributed by atoms with Crippen LogP contribution in [0.1, 0.15) is 58.9 Å². The van der Waals surface area contributed by atoms with Crippen molar-refractivity contribution in [2.75, 3.05) is 17.7 Å². The Morgan fingerprint density at radius 3 is 2.65 bits per heavy atom. The van der Waals surface area contributed by atoms with Crippen LogP contribution in [0.4, 0.5) is 5.82 Å². The maximum Gasteiger partial charge on any atom is 0.269 e. The van der Waals surface area contributed by atoms with E-state index in [1.165, 1.54) is 4.68 Å². The van der Waals surface area contributed by atoms with Gasteiger partial charge in [0, 0.05) is 27.4 Å². The quantitative estimate of drug-likeness (QED) is 0.306. The topological polar surface area (TPSA) is 132 Å². The largest absolute Gasteiger partial charge is 0.368 e. The SMILES string of the molecule is CC=CN1CCCC[C@H]1c1nc(-c2ccc(C(=O)Nc3cc(I)ccn3)cc2)c(C(N)=O)n1N. The summed E-state index contributed by atoms with van der Waals surface area (Å²) >= 11 is 2.16. The lowest BCUT2D eigenvalue weighted by molar-refractivity contribution is 0.0990. The molecule has 1 aliphatic heterocycles. The van der Waals surface area contributed by atoms with Crippen molar-refractivity contribution in [3.05, 3.63) is 75.5 Å². The average molecular weight is 571 g/mol. The number of nitrogens with two attached hydrogens (primary N) is 2. The minimum Gasteiger partial charge on any atom is -0.368 e. The number of hydrogen-bond acceptors (Lipinski definition) is 6. The molecule has 1 saturated heterocycles. The van der Waals surface area contributed by atoms with Crippen LogP contribution in [0.5, 0.6) is 0 Å². The van der Waals surface area contributed by atoms with E-state index in [2.05, 4.69) is 37.8 Å². The first-order valence-corrected chi connectivity index (χ1v) is 12.1. The summed E-state index contributed by atoms with van der Waals surface area (Å²) in [5.74, 6) is 6.46. The van der Waals surface area contributed by atoms with Gasteiger partial charge in [0.05, 0.1) is 6.04 Å². The lowest BCUT2D eigenvalue weighted by atomic mass is 10.0. The first-order valence-electron chi connectivity index (χ1n) is 11.0. The fraction of sp³-hybridized carbons (Fsp3) is 0.250. The molecule has 5 N–H and O–H groups in total. The third kappa shape index (κ3) is 4.91. The number of carbonyl (C=O) groups excluding carboxylic acids is 2. The molecular formula is C24H26IN7O2. The number of carbonyl (C=O) groups is 2. The lowest BCUT2D eigenvalue weighted by Crippen LogP contribution is -2.33. The molecular weight excluding hydrogens is 545 g/mol. The maximum absolute atomic E-state index is 12.6. The van der Waals surface area contributed by atoms with E-state index < -0.39 is 5.91 Å². The highest BCUT2D eigenvalue weighted by Crippen LogP contribution is 2.33. The number of primary amides is 1. The second-order valence-electron chi connectivity index (χ2n) is 8.02. The molecule has 0 bridgehead atoms. The molecule has 2 amide bonds. The van der Waals surface area contributed by atoms with Crippen LogP contribution < -0.4 is 16.9 Å². The average Bonchev–Trinajstić information content (AvgIpc) is 3.17.